The second kappa shape index (κ2) is 11.2. The van der Waals surface area contributed by atoms with Gasteiger partial charge >= 0.3 is 0 Å². The van der Waals surface area contributed by atoms with E-state index < -0.39 is 0 Å². The maximum atomic E-state index is 9.25. The quantitative estimate of drug-likeness (QED) is 0.387. The molecule has 168 valence electrons. The first-order valence-corrected chi connectivity index (χ1v) is 10.9. The topological polar surface area (TPSA) is 101 Å². The van der Waals surface area contributed by atoms with Gasteiger partial charge in [-0.15, -0.1) is 0 Å². The number of rotatable bonds is 9. The van der Waals surface area contributed by atoms with Crippen molar-refractivity contribution in [2.45, 2.75) is 33.7 Å². The Morgan fingerprint density at radius 3 is 2.15 bits per heavy atom. The third kappa shape index (κ3) is 6.11. The Morgan fingerprint density at radius 1 is 0.879 bits per heavy atom. The van der Waals surface area contributed by atoms with E-state index in [0.717, 1.165) is 39.4 Å². The fraction of sp³-hybridized carbons (Fsp3) is 0.259. The minimum atomic E-state index is 0.145. The number of benzene rings is 3. The van der Waals surface area contributed by atoms with Gasteiger partial charge in [0.25, 0.3) is 0 Å². The van der Waals surface area contributed by atoms with Crippen molar-refractivity contribution in [2.75, 3.05) is 18.5 Å². The third-order valence-corrected chi connectivity index (χ3v) is 5.33. The molecule has 0 saturated heterocycles. The van der Waals surface area contributed by atoms with Crippen molar-refractivity contribution in [1.82, 2.24) is 5.32 Å². The molecule has 0 unspecified atom stereocenters. The van der Waals surface area contributed by atoms with Crippen LogP contribution in [0, 0.1) is 43.4 Å². The molecule has 33 heavy (non-hydrogen) atoms. The van der Waals surface area contributed by atoms with Crippen LogP contribution in [-0.2, 0) is 6.54 Å². The summed E-state index contributed by atoms with van der Waals surface area (Å²) >= 11 is 0. The van der Waals surface area contributed by atoms with Gasteiger partial charge in [0, 0.05) is 36.2 Å². The van der Waals surface area contributed by atoms with Crippen LogP contribution in [0.5, 0.6) is 11.5 Å². The number of nitrogens with one attached hydrogen (secondary N) is 2. The summed E-state index contributed by atoms with van der Waals surface area (Å²) in [7, 11) is 0. The Labute approximate surface area is 195 Å². The van der Waals surface area contributed by atoms with Crippen LogP contribution in [-0.4, -0.2) is 18.3 Å². The summed E-state index contributed by atoms with van der Waals surface area (Å²) in [5, 5.41) is 34.1. The van der Waals surface area contributed by atoms with E-state index in [-0.39, 0.29) is 6.61 Å². The first-order chi connectivity index (χ1) is 15.9. The summed E-state index contributed by atoms with van der Waals surface area (Å²) in [6.45, 7) is 7.35. The highest BCUT2D eigenvalue weighted by Crippen LogP contribution is 2.35. The monoisotopic (exact) mass is 440 g/mol. The smallest absolute Gasteiger partial charge is 0.134 e. The minimum absolute atomic E-state index is 0.145. The zero-order valence-electron chi connectivity index (χ0n) is 19.2. The van der Waals surface area contributed by atoms with Gasteiger partial charge in [0.1, 0.15) is 11.5 Å². The number of aliphatic hydroxyl groups is 1. The van der Waals surface area contributed by atoms with Crippen molar-refractivity contribution in [2.24, 2.45) is 0 Å². The molecule has 0 aromatic heterocycles. The number of aliphatic hydroxyl groups excluding tert-OH is 1. The summed E-state index contributed by atoms with van der Waals surface area (Å²) in [5.41, 5.74) is 6.84. The van der Waals surface area contributed by atoms with Gasteiger partial charge in [0.15, 0.2) is 0 Å². The summed E-state index contributed by atoms with van der Waals surface area (Å²) < 4.78 is 6.42. The fourth-order valence-electron chi connectivity index (χ4n) is 3.61. The molecule has 0 bridgehead atoms. The van der Waals surface area contributed by atoms with E-state index in [1.54, 1.807) is 12.1 Å². The average molecular weight is 441 g/mol. The van der Waals surface area contributed by atoms with Crippen LogP contribution in [0.4, 0.5) is 11.4 Å². The lowest BCUT2D eigenvalue weighted by Crippen LogP contribution is -2.16. The molecule has 0 saturated carbocycles. The van der Waals surface area contributed by atoms with E-state index in [1.165, 1.54) is 0 Å². The molecule has 3 N–H and O–H groups in total. The number of hydrogen-bond acceptors (Lipinski definition) is 6. The highest BCUT2D eigenvalue weighted by molar-refractivity contribution is 5.67. The Kier molecular flexibility index (Phi) is 8.05. The molecular formula is C27H28N4O2. The zero-order chi connectivity index (χ0) is 23.8. The molecule has 0 amide bonds. The van der Waals surface area contributed by atoms with Crippen LogP contribution >= 0.6 is 0 Å². The van der Waals surface area contributed by atoms with Crippen LogP contribution in [0.15, 0.2) is 48.5 Å². The van der Waals surface area contributed by atoms with Crippen LogP contribution in [0.3, 0.4) is 0 Å². The number of nitrogens with zero attached hydrogens (tertiary/aromatic N) is 2. The normalized spacial score (nSPS) is 10.4. The zero-order valence-corrected chi connectivity index (χ0v) is 19.2. The number of ether oxygens (including phenoxy) is 1. The van der Waals surface area contributed by atoms with Gasteiger partial charge in [-0.1, -0.05) is 0 Å². The molecule has 0 heterocycles. The average Bonchev–Trinajstić information content (AvgIpc) is 2.81. The van der Waals surface area contributed by atoms with Crippen molar-refractivity contribution in [3.63, 3.8) is 0 Å². The second-order valence-corrected chi connectivity index (χ2v) is 8.00. The van der Waals surface area contributed by atoms with Crippen molar-refractivity contribution >= 4 is 11.4 Å². The van der Waals surface area contributed by atoms with Gasteiger partial charge in [0.2, 0.25) is 0 Å². The maximum absolute atomic E-state index is 9.25. The summed E-state index contributed by atoms with van der Waals surface area (Å²) in [6.07, 6.45) is 0.682. The van der Waals surface area contributed by atoms with Crippen molar-refractivity contribution < 1.29 is 9.84 Å². The van der Waals surface area contributed by atoms with Crippen LogP contribution in [0.2, 0.25) is 0 Å². The van der Waals surface area contributed by atoms with Gasteiger partial charge in [0.05, 0.1) is 23.3 Å². The number of hydrogen-bond donors (Lipinski definition) is 3. The molecule has 6 heteroatoms. The molecule has 0 aliphatic heterocycles. The highest BCUT2D eigenvalue weighted by atomic mass is 16.5. The molecule has 6 nitrogen and oxygen atoms in total. The standard InChI is InChI=1S/C27H28N4O2/c1-18-13-23(17-30-9-4-10-32)26(33-27-19(2)11-22(16-29)12-20(27)3)14-25(18)31-24-7-5-21(15-28)6-8-24/h5-8,11-14,30-32H,4,9-10,17H2,1-3H3. The van der Waals surface area contributed by atoms with E-state index in [0.29, 0.717) is 36.4 Å². The van der Waals surface area contributed by atoms with Crippen LogP contribution < -0.4 is 15.4 Å². The Morgan fingerprint density at radius 2 is 1.55 bits per heavy atom. The summed E-state index contributed by atoms with van der Waals surface area (Å²) in [4.78, 5) is 0. The molecule has 0 radical (unpaired) electrons. The highest BCUT2D eigenvalue weighted by Gasteiger charge is 2.14. The fourth-order valence-corrected chi connectivity index (χ4v) is 3.61. The van der Waals surface area contributed by atoms with Crippen molar-refractivity contribution in [3.05, 3.63) is 81.9 Å². The lowest BCUT2D eigenvalue weighted by molar-refractivity contribution is 0.286. The maximum Gasteiger partial charge on any atom is 0.134 e. The molecular weight excluding hydrogens is 412 g/mol. The van der Waals surface area contributed by atoms with E-state index in [2.05, 4.69) is 28.8 Å². The lowest BCUT2D eigenvalue weighted by Gasteiger charge is -2.19. The van der Waals surface area contributed by atoms with Gasteiger partial charge in [-0.2, -0.15) is 10.5 Å². The molecule has 0 fully saturated rings. The Hall–Kier alpha value is -3.84. The summed E-state index contributed by atoms with van der Waals surface area (Å²) in [6, 6.07) is 19.3. The van der Waals surface area contributed by atoms with Crippen molar-refractivity contribution in [3.8, 4) is 23.6 Å². The Bertz CT molecular complexity index is 1180. The van der Waals surface area contributed by atoms with Crippen molar-refractivity contribution in [1.29, 1.82) is 10.5 Å². The molecule has 3 aromatic carbocycles. The second-order valence-electron chi connectivity index (χ2n) is 8.00. The number of aryl methyl sites for hydroxylation is 3. The molecule has 0 atom stereocenters. The van der Waals surface area contributed by atoms with E-state index in [9.17, 15) is 5.26 Å². The van der Waals surface area contributed by atoms with Crippen LogP contribution in [0.25, 0.3) is 0 Å². The molecule has 0 aliphatic rings. The first kappa shape index (κ1) is 23.8. The van der Waals surface area contributed by atoms with E-state index >= 15 is 0 Å². The molecule has 3 aromatic rings. The molecule has 0 spiro atoms. The third-order valence-electron chi connectivity index (χ3n) is 5.33. The van der Waals surface area contributed by atoms with E-state index in [1.807, 2.05) is 51.1 Å². The lowest BCUT2D eigenvalue weighted by atomic mass is 10.1. The number of anilines is 2. The van der Waals surface area contributed by atoms with Crippen LogP contribution in [0.1, 0.15) is 39.8 Å². The SMILES string of the molecule is Cc1cc(CNCCCO)c(Oc2c(C)cc(C#N)cc2C)cc1Nc1ccc(C#N)cc1. The van der Waals surface area contributed by atoms with Gasteiger partial charge in [-0.05, 0) is 92.9 Å². The Balaban J connectivity index is 1.96. The van der Waals surface area contributed by atoms with Gasteiger partial charge < -0.3 is 20.5 Å². The predicted molar refractivity (Wildman–Crippen MR) is 130 cm³/mol. The van der Waals surface area contributed by atoms with E-state index in [4.69, 9.17) is 15.1 Å². The number of nitriles is 2. The molecule has 3 rings (SSSR count). The minimum Gasteiger partial charge on any atom is -0.456 e. The molecule has 0 aliphatic carbocycles. The summed E-state index contributed by atoms with van der Waals surface area (Å²) in [5.74, 6) is 1.45. The largest absolute Gasteiger partial charge is 0.456 e. The first-order valence-electron chi connectivity index (χ1n) is 10.9. The van der Waals surface area contributed by atoms with Gasteiger partial charge in [-0.3, -0.25) is 0 Å². The van der Waals surface area contributed by atoms with Gasteiger partial charge in [-0.25, -0.2) is 0 Å². The predicted octanol–water partition coefficient (Wildman–Crippen LogP) is 5.36.